The normalized spacial score (nSPS) is 13.8. The van der Waals surface area contributed by atoms with Crippen LogP contribution in [0.3, 0.4) is 0 Å². The summed E-state index contributed by atoms with van der Waals surface area (Å²) in [6.07, 6.45) is -2.91. The molecule has 4 aromatic rings. The van der Waals surface area contributed by atoms with Crippen LogP contribution in [0.2, 0.25) is 5.02 Å². The number of aliphatic carboxylic acids is 1. The molecular weight excluding hydrogens is 484 g/mol. The van der Waals surface area contributed by atoms with E-state index in [-0.39, 0.29) is 12.2 Å². The number of carboxylic acid groups (broad SMARTS) is 1. The summed E-state index contributed by atoms with van der Waals surface area (Å²) in [5.74, 6) is -1.40. The van der Waals surface area contributed by atoms with Crippen molar-refractivity contribution in [2.75, 3.05) is 0 Å². The summed E-state index contributed by atoms with van der Waals surface area (Å²) in [7, 11) is 0. The van der Waals surface area contributed by atoms with Crippen molar-refractivity contribution in [1.82, 2.24) is 20.1 Å². The highest BCUT2D eigenvalue weighted by atomic mass is 35.5. The number of hydrogen-bond acceptors (Lipinski definition) is 6. The van der Waals surface area contributed by atoms with Crippen LogP contribution in [0.25, 0.3) is 16.8 Å². The molecule has 0 radical (unpaired) electrons. The molecule has 5 N–H and O–H groups in total. The van der Waals surface area contributed by atoms with Crippen molar-refractivity contribution >= 4 is 17.6 Å². The predicted molar refractivity (Wildman–Crippen MR) is 135 cm³/mol. The predicted octanol–water partition coefficient (Wildman–Crippen LogP) is 2.91. The van der Waals surface area contributed by atoms with E-state index in [0.29, 0.717) is 17.1 Å². The van der Waals surface area contributed by atoms with E-state index in [9.17, 15) is 24.9 Å². The van der Waals surface area contributed by atoms with Crippen LogP contribution in [0, 0.1) is 0 Å². The molecule has 3 atom stereocenters. The minimum Gasteiger partial charge on any atom is -0.479 e. The first-order valence-corrected chi connectivity index (χ1v) is 11.6. The van der Waals surface area contributed by atoms with Gasteiger partial charge in [-0.25, -0.2) is 9.59 Å². The maximum Gasteiger partial charge on any atom is 0.348 e. The lowest BCUT2D eigenvalue weighted by molar-refractivity contribution is -0.147. The smallest absolute Gasteiger partial charge is 0.348 e. The van der Waals surface area contributed by atoms with E-state index in [2.05, 4.69) is 15.4 Å². The highest BCUT2D eigenvalue weighted by Gasteiger charge is 2.24. The third-order valence-corrected chi connectivity index (χ3v) is 5.91. The molecule has 0 bridgehead atoms. The lowest BCUT2D eigenvalue weighted by atomic mass is 9.97. The lowest BCUT2D eigenvalue weighted by Crippen LogP contribution is -2.39. The molecule has 0 aliphatic carbocycles. The van der Waals surface area contributed by atoms with E-state index >= 15 is 0 Å². The second-order valence-electron chi connectivity index (χ2n) is 8.33. The first kappa shape index (κ1) is 25.3. The maximum absolute atomic E-state index is 12.3. The second-order valence-corrected chi connectivity index (χ2v) is 8.77. The van der Waals surface area contributed by atoms with Crippen LogP contribution in [-0.2, 0) is 11.2 Å². The Bertz CT molecular complexity index is 1370. The van der Waals surface area contributed by atoms with Crippen LogP contribution in [0.1, 0.15) is 24.0 Å². The fourth-order valence-electron chi connectivity index (χ4n) is 3.88. The van der Waals surface area contributed by atoms with Crippen LogP contribution in [-0.4, -0.2) is 48.2 Å². The Morgan fingerprint density at radius 3 is 2.39 bits per heavy atom. The van der Waals surface area contributed by atoms with E-state index in [1.807, 2.05) is 42.5 Å². The Morgan fingerprint density at radius 1 is 1.00 bits per heavy atom. The number of carbonyl (C=O) groups is 1. The van der Waals surface area contributed by atoms with E-state index < -0.39 is 30.0 Å². The highest BCUT2D eigenvalue weighted by molar-refractivity contribution is 6.30. The topological polar surface area (TPSA) is 140 Å². The number of rotatable bonds is 10. The minimum absolute atomic E-state index is 0.0324. The molecular formula is C26H25ClN4O5. The Labute approximate surface area is 211 Å². The molecule has 1 aromatic heterocycles. The summed E-state index contributed by atoms with van der Waals surface area (Å²) in [4.78, 5) is 26.1. The van der Waals surface area contributed by atoms with Gasteiger partial charge in [-0.15, -0.1) is 5.10 Å². The van der Waals surface area contributed by atoms with Gasteiger partial charge in [0.2, 0.25) is 0 Å². The van der Waals surface area contributed by atoms with Gasteiger partial charge in [-0.2, -0.15) is 4.68 Å². The molecule has 4 rings (SSSR count). The minimum atomic E-state index is -1.64. The summed E-state index contributed by atoms with van der Waals surface area (Å²) in [5, 5.41) is 37.5. The largest absolute Gasteiger partial charge is 0.479 e. The third kappa shape index (κ3) is 6.27. The maximum atomic E-state index is 12.3. The first-order chi connectivity index (χ1) is 17.3. The molecule has 3 aromatic carbocycles. The number of nitrogens with zero attached hydrogens (tertiary/aromatic N) is 2. The molecule has 0 aliphatic heterocycles. The van der Waals surface area contributed by atoms with Crippen LogP contribution in [0.15, 0.2) is 83.7 Å². The number of halogens is 1. The van der Waals surface area contributed by atoms with Crippen molar-refractivity contribution in [3.8, 4) is 16.8 Å². The molecule has 0 amide bonds. The van der Waals surface area contributed by atoms with Gasteiger partial charge in [0.25, 0.3) is 0 Å². The number of benzene rings is 3. The summed E-state index contributed by atoms with van der Waals surface area (Å²) in [6, 6.07) is 23.1. The molecule has 186 valence electrons. The summed E-state index contributed by atoms with van der Waals surface area (Å²) < 4.78 is 1.12. The van der Waals surface area contributed by atoms with Gasteiger partial charge in [0.05, 0.1) is 5.69 Å². The number of aromatic nitrogens is 3. The van der Waals surface area contributed by atoms with Crippen molar-refractivity contribution in [1.29, 1.82) is 0 Å². The molecule has 0 fully saturated rings. The number of nitrogens with one attached hydrogen (secondary N) is 2. The standard InChI is InChI=1S/C26H25ClN4O5/c27-19-6-4-5-18(14-19)17-11-9-16(10-12-17)13-20(15-22(32)25(34)35)28-24(33)23-29-26(36)31(30-23)21-7-2-1-3-8-21/h1-12,14,20,22,24,28,32-33H,13,15H2,(H,34,35)(H,29,30,36)/t20-,22-,24?/m1/s1. The molecule has 1 heterocycles. The van der Waals surface area contributed by atoms with Gasteiger partial charge in [0.15, 0.2) is 18.2 Å². The highest BCUT2D eigenvalue weighted by Crippen LogP contribution is 2.24. The third-order valence-electron chi connectivity index (χ3n) is 5.68. The number of para-hydroxylation sites is 1. The zero-order valence-corrected chi connectivity index (χ0v) is 19.8. The van der Waals surface area contributed by atoms with Crippen LogP contribution in [0.5, 0.6) is 0 Å². The average molecular weight is 509 g/mol. The zero-order valence-electron chi connectivity index (χ0n) is 19.1. The van der Waals surface area contributed by atoms with Crippen LogP contribution < -0.4 is 11.0 Å². The number of aliphatic hydroxyl groups is 2. The van der Waals surface area contributed by atoms with Crippen molar-refractivity contribution in [3.63, 3.8) is 0 Å². The van der Waals surface area contributed by atoms with E-state index in [1.165, 1.54) is 0 Å². The number of H-pyrrole nitrogens is 1. The monoisotopic (exact) mass is 508 g/mol. The van der Waals surface area contributed by atoms with Crippen molar-refractivity contribution in [3.05, 3.63) is 106 Å². The van der Waals surface area contributed by atoms with E-state index in [4.69, 9.17) is 11.6 Å². The summed E-state index contributed by atoms with van der Waals surface area (Å²) >= 11 is 6.08. The molecule has 0 spiro atoms. The van der Waals surface area contributed by atoms with Gasteiger partial charge in [-0.1, -0.05) is 66.2 Å². The fourth-order valence-corrected chi connectivity index (χ4v) is 4.07. The molecule has 0 saturated carbocycles. The number of aromatic amines is 1. The zero-order chi connectivity index (χ0) is 25.7. The van der Waals surface area contributed by atoms with Crippen molar-refractivity contribution in [2.24, 2.45) is 0 Å². The molecule has 36 heavy (non-hydrogen) atoms. The molecule has 0 aliphatic rings. The Hall–Kier alpha value is -3.76. The van der Waals surface area contributed by atoms with E-state index in [0.717, 1.165) is 21.4 Å². The SMILES string of the molecule is O=C(O)[C@H](O)C[C@@H](Cc1ccc(-c2cccc(Cl)c2)cc1)NC(O)c1nn(-c2ccccc2)c(=O)[nH]1. The number of carboxylic acids is 1. The van der Waals surface area contributed by atoms with Crippen molar-refractivity contribution in [2.45, 2.75) is 31.2 Å². The molecule has 10 heteroatoms. The quantitative estimate of drug-likeness (QED) is 0.207. The van der Waals surface area contributed by atoms with Gasteiger partial charge in [0, 0.05) is 11.1 Å². The lowest BCUT2D eigenvalue weighted by Gasteiger charge is -2.23. The van der Waals surface area contributed by atoms with Crippen LogP contribution in [0.4, 0.5) is 0 Å². The summed E-state index contributed by atoms with van der Waals surface area (Å²) in [6.45, 7) is 0. The average Bonchev–Trinajstić information content (AvgIpc) is 3.26. The van der Waals surface area contributed by atoms with Crippen LogP contribution >= 0.6 is 11.6 Å². The van der Waals surface area contributed by atoms with Gasteiger partial charge in [0.1, 0.15) is 0 Å². The fraction of sp³-hybridized carbons (Fsp3) is 0.192. The summed E-state index contributed by atoms with van der Waals surface area (Å²) in [5.41, 5.74) is 2.76. The van der Waals surface area contributed by atoms with Gasteiger partial charge < -0.3 is 15.3 Å². The second kappa shape index (κ2) is 11.3. The molecule has 9 nitrogen and oxygen atoms in total. The molecule has 0 saturated heterocycles. The Balaban J connectivity index is 1.51. The van der Waals surface area contributed by atoms with Gasteiger partial charge in [-0.05, 0) is 53.8 Å². The Morgan fingerprint density at radius 2 is 1.72 bits per heavy atom. The Kier molecular flexibility index (Phi) is 7.97. The van der Waals surface area contributed by atoms with E-state index in [1.54, 1.807) is 36.4 Å². The van der Waals surface area contributed by atoms with Crippen molar-refractivity contribution < 1.29 is 20.1 Å². The number of hydrogen-bond donors (Lipinski definition) is 5. The van der Waals surface area contributed by atoms with Gasteiger partial charge in [-0.3, -0.25) is 10.3 Å². The number of aliphatic hydroxyl groups excluding tert-OH is 2. The molecule has 1 unspecified atom stereocenters. The van der Waals surface area contributed by atoms with Gasteiger partial charge >= 0.3 is 11.7 Å². The first-order valence-electron chi connectivity index (χ1n) is 11.2.